The number of benzene rings is 2. The molecule has 8 heteroatoms. The second-order valence-electron chi connectivity index (χ2n) is 6.81. The number of hydrogen-bond acceptors (Lipinski definition) is 6. The van der Waals surface area contributed by atoms with E-state index in [0.29, 0.717) is 46.7 Å². The lowest BCUT2D eigenvalue weighted by atomic mass is 10.1. The Hall–Kier alpha value is -2.64. The van der Waals surface area contributed by atoms with E-state index in [4.69, 9.17) is 35.3 Å². The van der Waals surface area contributed by atoms with Gasteiger partial charge in [0, 0.05) is 18.7 Å². The van der Waals surface area contributed by atoms with Crippen LogP contribution in [0.15, 0.2) is 30.3 Å². The van der Waals surface area contributed by atoms with Gasteiger partial charge in [-0.05, 0) is 42.7 Å². The van der Waals surface area contributed by atoms with E-state index in [1.54, 1.807) is 19.2 Å². The molecule has 0 spiro atoms. The Labute approximate surface area is 173 Å². The van der Waals surface area contributed by atoms with Crippen LogP contribution in [0.2, 0.25) is 5.02 Å². The molecule has 1 atom stereocenters. The van der Waals surface area contributed by atoms with Gasteiger partial charge in [0.2, 0.25) is 6.79 Å². The number of halogens is 1. The Morgan fingerprint density at radius 3 is 2.93 bits per heavy atom. The standard InChI is InChI=1S/C21H22ClNO6/c1-25-18-7-13(4-5-17(18)27-11-15-3-2-6-26-15)10-23-21(24)14-8-16(22)20-19(9-14)28-12-29-20/h4-5,7-9,15H,2-3,6,10-12H2,1H3,(H,23,24). The van der Waals surface area contributed by atoms with Gasteiger partial charge >= 0.3 is 0 Å². The predicted octanol–water partition coefficient (Wildman–Crippen LogP) is 3.57. The minimum absolute atomic E-state index is 0.0984. The number of nitrogens with one attached hydrogen (secondary N) is 1. The van der Waals surface area contributed by atoms with Crippen LogP contribution in [0.4, 0.5) is 0 Å². The maximum atomic E-state index is 12.5. The van der Waals surface area contributed by atoms with Crippen molar-refractivity contribution in [1.29, 1.82) is 0 Å². The fraction of sp³-hybridized carbons (Fsp3) is 0.381. The van der Waals surface area contributed by atoms with E-state index < -0.39 is 0 Å². The number of carbonyl (C=O) groups excluding carboxylic acids is 1. The SMILES string of the molecule is COc1cc(CNC(=O)c2cc(Cl)c3c(c2)OCO3)ccc1OCC1CCCO1. The fourth-order valence-corrected chi connectivity index (χ4v) is 3.55. The first-order valence-corrected chi connectivity index (χ1v) is 9.80. The summed E-state index contributed by atoms with van der Waals surface area (Å²) in [7, 11) is 1.59. The van der Waals surface area contributed by atoms with E-state index in [9.17, 15) is 4.79 Å². The highest BCUT2D eigenvalue weighted by atomic mass is 35.5. The molecule has 0 aromatic heterocycles. The van der Waals surface area contributed by atoms with Crippen molar-refractivity contribution in [3.05, 3.63) is 46.5 Å². The zero-order chi connectivity index (χ0) is 20.2. The minimum atomic E-state index is -0.261. The van der Waals surface area contributed by atoms with E-state index in [1.165, 1.54) is 0 Å². The van der Waals surface area contributed by atoms with Crippen LogP contribution in [-0.2, 0) is 11.3 Å². The average Bonchev–Trinajstić information content (AvgIpc) is 3.42. The first-order valence-electron chi connectivity index (χ1n) is 9.42. The molecule has 2 aliphatic heterocycles. The normalized spacial score (nSPS) is 17.2. The molecular weight excluding hydrogens is 398 g/mol. The summed E-state index contributed by atoms with van der Waals surface area (Å²) >= 11 is 6.15. The lowest BCUT2D eigenvalue weighted by molar-refractivity contribution is 0.0669. The van der Waals surface area contributed by atoms with Gasteiger partial charge in [-0.15, -0.1) is 0 Å². The van der Waals surface area contributed by atoms with Gasteiger partial charge in [0.15, 0.2) is 23.0 Å². The van der Waals surface area contributed by atoms with E-state index >= 15 is 0 Å². The molecule has 154 valence electrons. The van der Waals surface area contributed by atoms with Gasteiger partial charge in [0.05, 0.1) is 18.2 Å². The summed E-state index contributed by atoms with van der Waals surface area (Å²) in [6, 6.07) is 8.75. The van der Waals surface area contributed by atoms with E-state index in [0.717, 1.165) is 25.0 Å². The Bertz CT molecular complexity index is 897. The highest BCUT2D eigenvalue weighted by molar-refractivity contribution is 6.32. The van der Waals surface area contributed by atoms with Crippen molar-refractivity contribution in [1.82, 2.24) is 5.32 Å². The number of fused-ring (bicyclic) bond motifs is 1. The van der Waals surface area contributed by atoms with Gasteiger partial charge in [-0.25, -0.2) is 0 Å². The second-order valence-corrected chi connectivity index (χ2v) is 7.21. The monoisotopic (exact) mass is 419 g/mol. The molecule has 1 unspecified atom stereocenters. The molecule has 0 radical (unpaired) electrons. The van der Waals surface area contributed by atoms with Crippen LogP contribution in [-0.4, -0.2) is 39.1 Å². The van der Waals surface area contributed by atoms with Crippen molar-refractivity contribution in [3.63, 3.8) is 0 Å². The predicted molar refractivity (Wildman–Crippen MR) is 106 cm³/mol. The number of hydrogen-bond donors (Lipinski definition) is 1. The Kier molecular flexibility index (Phi) is 5.97. The summed E-state index contributed by atoms with van der Waals surface area (Å²) in [5.74, 6) is 1.94. The van der Waals surface area contributed by atoms with Crippen LogP contribution in [0.3, 0.4) is 0 Å². The van der Waals surface area contributed by atoms with Crippen LogP contribution in [0.25, 0.3) is 0 Å². The van der Waals surface area contributed by atoms with Gasteiger partial charge < -0.3 is 29.0 Å². The third-order valence-corrected chi connectivity index (χ3v) is 5.10. The van der Waals surface area contributed by atoms with E-state index in [1.807, 2.05) is 18.2 Å². The van der Waals surface area contributed by atoms with Gasteiger partial charge in [-0.2, -0.15) is 0 Å². The summed E-state index contributed by atoms with van der Waals surface area (Å²) in [6.07, 6.45) is 2.21. The molecule has 7 nitrogen and oxygen atoms in total. The van der Waals surface area contributed by atoms with Crippen molar-refractivity contribution in [2.24, 2.45) is 0 Å². The Morgan fingerprint density at radius 2 is 2.14 bits per heavy atom. The number of methoxy groups -OCH3 is 1. The fourth-order valence-electron chi connectivity index (χ4n) is 3.28. The van der Waals surface area contributed by atoms with Gasteiger partial charge in [0.1, 0.15) is 6.61 Å². The van der Waals surface area contributed by atoms with Crippen molar-refractivity contribution in [2.45, 2.75) is 25.5 Å². The van der Waals surface area contributed by atoms with Crippen LogP contribution in [0.1, 0.15) is 28.8 Å². The third kappa shape index (κ3) is 4.52. The van der Waals surface area contributed by atoms with Gasteiger partial charge in [-0.1, -0.05) is 17.7 Å². The van der Waals surface area contributed by atoms with Crippen LogP contribution in [0, 0.1) is 0 Å². The molecule has 4 rings (SSSR count). The van der Waals surface area contributed by atoms with Crippen molar-refractivity contribution in [3.8, 4) is 23.0 Å². The van der Waals surface area contributed by atoms with Crippen LogP contribution < -0.4 is 24.3 Å². The summed E-state index contributed by atoms with van der Waals surface area (Å²) < 4.78 is 27.4. The number of carbonyl (C=O) groups is 1. The van der Waals surface area contributed by atoms with Gasteiger partial charge in [-0.3, -0.25) is 4.79 Å². The Morgan fingerprint density at radius 1 is 1.24 bits per heavy atom. The maximum Gasteiger partial charge on any atom is 0.251 e. The first kappa shape index (κ1) is 19.7. The molecule has 0 bridgehead atoms. The molecule has 2 aromatic carbocycles. The largest absolute Gasteiger partial charge is 0.493 e. The van der Waals surface area contributed by atoms with E-state index in [-0.39, 0.29) is 18.8 Å². The summed E-state index contributed by atoms with van der Waals surface area (Å²) in [5.41, 5.74) is 1.29. The van der Waals surface area contributed by atoms with Crippen LogP contribution in [0.5, 0.6) is 23.0 Å². The maximum absolute atomic E-state index is 12.5. The van der Waals surface area contributed by atoms with Crippen LogP contribution >= 0.6 is 11.6 Å². The third-order valence-electron chi connectivity index (χ3n) is 4.82. The number of rotatable bonds is 7. The first-order chi connectivity index (χ1) is 14.1. The lowest BCUT2D eigenvalue weighted by Crippen LogP contribution is -2.22. The number of amides is 1. The zero-order valence-corrected chi connectivity index (χ0v) is 16.8. The van der Waals surface area contributed by atoms with Gasteiger partial charge in [0.25, 0.3) is 5.91 Å². The smallest absolute Gasteiger partial charge is 0.251 e. The summed E-state index contributed by atoms with van der Waals surface area (Å²) in [4.78, 5) is 12.5. The summed E-state index contributed by atoms with van der Waals surface area (Å²) in [5, 5.41) is 3.22. The quantitative estimate of drug-likeness (QED) is 0.739. The summed E-state index contributed by atoms with van der Waals surface area (Å²) in [6.45, 7) is 1.71. The molecule has 1 fully saturated rings. The van der Waals surface area contributed by atoms with E-state index in [2.05, 4.69) is 5.32 Å². The molecule has 0 saturated carbocycles. The molecule has 2 aromatic rings. The molecule has 2 aliphatic rings. The zero-order valence-electron chi connectivity index (χ0n) is 16.0. The minimum Gasteiger partial charge on any atom is -0.493 e. The topological polar surface area (TPSA) is 75.3 Å². The molecule has 0 aliphatic carbocycles. The molecule has 29 heavy (non-hydrogen) atoms. The molecule has 2 heterocycles. The van der Waals surface area contributed by atoms with Crippen molar-refractivity contribution in [2.75, 3.05) is 27.1 Å². The molecule has 1 amide bonds. The highest BCUT2D eigenvalue weighted by Gasteiger charge is 2.21. The van der Waals surface area contributed by atoms with Crippen molar-refractivity contribution < 1.29 is 28.5 Å². The number of ether oxygens (including phenoxy) is 5. The Balaban J connectivity index is 1.37. The molecule has 1 N–H and O–H groups in total. The molecular formula is C21H22ClNO6. The van der Waals surface area contributed by atoms with Crippen molar-refractivity contribution >= 4 is 17.5 Å². The molecule has 1 saturated heterocycles. The highest BCUT2D eigenvalue weighted by Crippen LogP contribution is 2.39. The average molecular weight is 420 g/mol. The second kappa shape index (κ2) is 8.80. The lowest BCUT2D eigenvalue weighted by Gasteiger charge is -2.15.